The van der Waals surface area contributed by atoms with Crippen LogP contribution in [0.15, 0.2) is 77.7 Å². The molecular formula is C27H28Cl3N3O4S. The summed E-state index contributed by atoms with van der Waals surface area (Å²) in [7, 11) is -4.25. The number of nitrogens with one attached hydrogen (secondary N) is 1. The van der Waals surface area contributed by atoms with Crippen molar-refractivity contribution >= 4 is 62.3 Å². The van der Waals surface area contributed by atoms with E-state index in [-0.39, 0.29) is 33.1 Å². The first-order valence-electron chi connectivity index (χ1n) is 11.9. The summed E-state index contributed by atoms with van der Waals surface area (Å²) in [5.41, 5.74) is 0.656. The van der Waals surface area contributed by atoms with Gasteiger partial charge in [0.1, 0.15) is 12.6 Å². The Kier molecular flexibility index (Phi) is 10.4. The summed E-state index contributed by atoms with van der Waals surface area (Å²) in [6.45, 7) is 3.30. The lowest BCUT2D eigenvalue weighted by Gasteiger charge is -2.33. The van der Waals surface area contributed by atoms with Gasteiger partial charge in [0, 0.05) is 23.1 Å². The third-order valence-corrected chi connectivity index (χ3v) is 8.52. The molecule has 3 rings (SSSR count). The molecule has 0 fully saturated rings. The van der Waals surface area contributed by atoms with Crippen molar-refractivity contribution in [3.05, 3.63) is 93.4 Å². The normalized spacial score (nSPS) is 12.0. The van der Waals surface area contributed by atoms with Gasteiger partial charge in [-0.3, -0.25) is 13.9 Å². The number of hydrogen-bond acceptors (Lipinski definition) is 4. The van der Waals surface area contributed by atoms with Gasteiger partial charge < -0.3 is 10.2 Å². The molecule has 0 aliphatic carbocycles. The van der Waals surface area contributed by atoms with E-state index in [1.165, 1.54) is 35.2 Å². The molecule has 0 bridgehead atoms. The van der Waals surface area contributed by atoms with E-state index < -0.39 is 28.5 Å². The quantitative estimate of drug-likeness (QED) is 0.304. The maximum Gasteiger partial charge on any atom is 0.264 e. The number of anilines is 1. The zero-order chi connectivity index (χ0) is 27.9. The van der Waals surface area contributed by atoms with E-state index in [2.05, 4.69) is 5.32 Å². The molecule has 0 aromatic heterocycles. The summed E-state index contributed by atoms with van der Waals surface area (Å²) in [6.07, 6.45) is 0.297. The summed E-state index contributed by atoms with van der Waals surface area (Å²) in [6, 6.07) is 18.2. The molecule has 38 heavy (non-hydrogen) atoms. The van der Waals surface area contributed by atoms with Crippen molar-refractivity contribution in [3.8, 4) is 0 Å². The fraction of sp³-hybridized carbons (Fsp3) is 0.259. The second-order valence-electron chi connectivity index (χ2n) is 8.35. The number of likely N-dealkylation sites (N-methyl/N-ethyl adjacent to an activating group) is 1. The minimum absolute atomic E-state index is 0.00332. The van der Waals surface area contributed by atoms with Gasteiger partial charge in [0.2, 0.25) is 11.8 Å². The third-order valence-electron chi connectivity index (χ3n) is 5.82. The van der Waals surface area contributed by atoms with Gasteiger partial charge >= 0.3 is 0 Å². The van der Waals surface area contributed by atoms with E-state index in [1.54, 1.807) is 56.3 Å². The second kappa shape index (κ2) is 13.3. The van der Waals surface area contributed by atoms with Crippen molar-refractivity contribution in [2.24, 2.45) is 0 Å². The molecule has 3 aromatic rings. The van der Waals surface area contributed by atoms with E-state index in [0.717, 1.165) is 4.31 Å². The lowest BCUT2D eigenvalue weighted by Crippen LogP contribution is -2.52. The minimum Gasteiger partial charge on any atom is -0.355 e. The van der Waals surface area contributed by atoms with Gasteiger partial charge in [-0.1, -0.05) is 78.1 Å². The van der Waals surface area contributed by atoms with E-state index in [1.807, 2.05) is 0 Å². The maximum atomic E-state index is 13.9. The largest absolute Gasteiger partial charge is 0.355 e. The molecule has 0 heterocycles. The van der Waals surface area contributed by atoms with Crippen LogP contribution in [0.5, 0.6) is 0 Å². The number of sulfonamides is 1. The topological polar surface area (TPSA) is 86.8 Å². The van der Waals surface area contributed by atoms with Crippen molar-refractivity contribution in [1.82, 2.24) is 10.2 Å². The van der Waals surface area contributed by atoms with Gasteiger partial charge in [-0.25, -0.2) is 8.42 Å². The summed E-state index contributed by atoms with van der Waals surface area (Å²) in [4.78, 5) is 28.2. The molecule has 11 heteroatoms. The number of carbonyl (C=O) groups is 2. The number of benzene rings is 3. The van der Waals surface area contributed by atoms with Crippen LogP contribution in [0.25, 0.3) is 0 Å². The molecule has 0 spiro atoms. The average molecular weight is 597 g/mol. The number of hydrogen-bond donors (Lipinski definition) is 1. The average Bonchev–Trinajstić information content (AvgIpc) is 2.90. The first-order valence-corrected chi connectivity index (χ1v) is 14.5. The highest BCUT2D eigenvalue weighted by molar-refractivity contribution is 7.92. The molecular weight excluding hydrogens is 569 g/mol. The van der Waals surface area contributed by atoms with Gasteiger partial charge in [0.15, 0.2) is 0 Å². The van der Waals surface area contributed by atoms with Gasteiger partial charge in [-0.15, -0.1) is 0 Å². The Morgan fingerprint density at radius 2 is 1.55 bits per heavy atom. The first kappa shape index (κ1) is 29.8. The van der Waals surface area contributed by atoms with Crippen LogP contribution in [-0.4, -0.2) is 44.3 Å². The molecule has 1 atom stereocenters. The standard InChI is InChI=1S/C27H28Cl3N3O4S/c1-3-24(27(35)31-4-2)32(17-19-10-8-9-13-22(19)29)26(34)18-33(25-16-20(28)14-15-23(25)30)38(36,37)21-11-6-5-7-12-21/h5-16,24H,3-4,17-18H2,1-2H3,(H,31,35). The summed E-state index contributed by atoms with van der Waals surface area (Å²) >= 11 is 19.0. The maximum absolute atomic E-state index is 13.9. The molecule has 2 amide bonds. The predicted molar refractivity (Wildman–Crippen MR) is 152 cm³/mol. The summed E-state index contributed by atoms with van der Waals surface area (Å²) in [5.74, 6) is -0.966. The van der Waals surface area contributed by atoms with Crippen molar-refractivity contribution in [1.29, 1.82) is 0 Å². The predicted octanol–water partition coefficient (Wildman–Crippen LogP) is 5.79. The van der Waals surface area contributed by atoms with Gasteiger partial charge in [0.05, 0.1) is 15.6 Å². The molecule has 1 unspecified atom stereocenters. The number of carbonyl (C=O) groups excluding carboxylic acids is 2. The third kappa shape index (κ3) is 6.99. The molecule has 0 saturated carbocycles. The Morgan fingerprint density at radius 3 is 2.18 bits per heavy atom. The minimum atomic E-state index is -4.25. The Bertz CT molecular complexity index is 1390. The van der Waals surface area contributed by atoms with Crippen LogP contribution in [0.2, 0.25) is 15.1 Å². The zero-order valence-electron chi connectivity index (χ0n) is 20.9. The number of halogens is 3. The van der Waals surface area contributed by atoms with Crippen LogP contribution >= 0.6 is 34.8 Å². The Hall–Kier alpha value is -2.78. The van der Waals surface area contributed by atoms with Crippen molar-refractivity contribution in [2.45, 2.75) is 37.8 Å². The highest BCUT2D eigenvalue weighted by Crippen LogP contribution is 2.33. The monoisotopic (exact) mass is 595 g/mol. The van der Waals surface area contributed by atoms with E-state index in [0.29, 0.717) is 23.6 Å². The van der Waals surface area contributed by atoms with E-state index in [4.69, 9.17) is 34.8 Å². The SMILES string of the molecule is CCNC(=O)C(CC)N(Cc1ccccc1Cl)C(=O)CN(c1cc(Cl)ccc1Cl)S(=O)(=O)c1ccccc1. The van der Waals surface area contributed by atoms with Crippen LogP contribution in [0.1, 0.15) is 25.8 Å². The molecule has 0 aliphatic rings. The van der Waals surface area contributed by atoms with E-state index >= 15 is 0 Å². The van der Waals surface area contributed by atoms with Crippen LogP contribution in [0.4, 0.5) is 5.69 Å². The number of rotatable bonds is 11. The Morgan fingerprint density at radius 1 is 0.895 bits per heavy atom. The first-order chi connectivity index (χ1) is 18.1. The van der Waals surface area contributed by atoms with Crippen molar-refractivity contribution in [2.75, 3.05) is 17.4 Å². The van der Waals surface area contributed by atoms with Gasteiger partial charge in [-0.2, -0.15) is 0 Å². The molecule has 0 radical (unpaired) electrons. The van der Waals surface area contributed by atoms with Crippen molar-refractivity contribution < 1.29 is 18.0 Å². The second-order valence-corrected chi connectivity index (χ2v) is 11.5. The molecule has 3 aromatic carbocycles. The van der Waals surface area contributed by atoms with Crippen LogP contribution in [0.3, 0.4) is 0 Å². The molecule has 202 valence electrons. The van der Waals surface area contributed by atoms with Gasteiger partial charge in [0.25, 0.3) is 10.0 Å². The fourth-order valence-corrected chi connectivity index (χ4v) is 6.01. The summed E-state index contributed by atoms with van der Waals surface area (Å²) < 4.78 is 28.5. The smallest absolute Gasteiger partial charge is 0.264 e. The highest BCUT2D eigenvalue weighted by atomic mass is 35.5. The van der Waals surface area contributed by atoms with Crippen LogP contribution < -0.4 is 9.62 Å². The van der Waals surface area contributed by atoms with Crippen LogP contribution in [-0.2, 0) is 26.2 Å². The molecule has 0 saturated heterocycles. The summed E-state index contributed by atoms with van der Waals surface area (Å²) in [5, 5.41) is 3.51. The zero-order valence-corrected chi connectivity index (χ0v) is 24.0. The van der Waals surface area contributed by atoms with E-state index in [9.17, 15) is 18.0 Å². The van der Waals surface area contributed by atoms with Crippen molar-refractivity contribution in [3.63, 3.8) is 0 Å². The molecule has 1 N–H and O–H groups in total. The van der Waals surface area contributed by atoms with Crippen LogP contribution in [0, 0.1) is 0 Å². The lowest BCUT2D eigenvalue weighted by atomic mass is 10.1. The van der Waals surface area contributed by atoms with Gasteiger partial charge in [-0.05, 0) is 55.3 Å². The fourth-order valence-electron chi connectivity index (χ4n) is 3.93. The number of nitrogens with zero attached hydrogens (tertiary/aromatic N) is 2. The Balaban J connectivity index is 2.11. The molecule has 7 nitrogen and oxygen atoms in total. The highest BCUT2D eigenvalue weighted by Gasteiger charge is 2.34. The lowest BCUT2D eigenvalue weighted by molar-refractivity contribution is -0.140. The molecule has 0 aliphatic heterocycles. The number of amides is 2. The Labute approximate surface area is 238 Å².